The maximum absolute atomic E-state index is 12.2. The van der Waals surface area contributed by atoms with E-state index in [4.69, 9.17) is 36.9 Å². The van der Waals surface area contributed by atoms with Crippen molar-refractivity contribution < 1.29 is 9.32 Å². The first-order chi connectivity index (χ1) is 22.2. The van der Waals surface area contributed by atoms with Gasteiger partial charge < -0.3 is 26.2 Å². The number of hydrazine groups is 1. The second-order valence-corrected chi connectivity index (χ2v) is 13.7. The third kappa shape index (κ3) is 4.54. The van der Waals surface area contributed by atoms with Gasteiger partial charge in [-0.3, -0.25) is 9.80 Å². The minimum atomic E-state index is -0.480. The highest BCUT2D eigenvalue weighted by atomic mass is 32.1. The number of nitrogens with two attached hydrogens (primary N) is 3. The van der Waals surface area contributed by atoms with Gasteiger partial charge in [0.05, 0.1) is 34.8 Å². The smallest absolute Gasteiger partial charge is 0.268 e. The molecule has 4 aromatic rings. The van der Waals surface area contributed by atoms with E-state index >= 15 is 0 Å². The fourth-order valence-corrected chi connectivity index (χ4v) is 9.01. The van der Waals surface area contributed by atoms with Gasteiger partial charge in [0.1, 0.15) is 16.8 Å². The second kappa shape index (κ2) is 11.4. The number of nitrogen functional groups attached to an aromatic ring is 1. The molecule has 4 aromatic heterocycles. The highest BCUT2D eigenvalue weighted by Gasteiger charge is 2.49. The molecule has 14 nitrogen and oxygen atoms in total. The number of carbonyl (C=O) groups is 1. The number of nitrogens with zero attached hydrogens (tertiary/aromatic N) is 8. The third-order valence-corrected chi connectivity index (χ3v) is 11.1. The standard InChI is InChI=1S/C31H38N12O2S/c1-16(21-8-6-12-41(21)3)43-29-19(14-37-43)28(42(35)15-20(33)30(44)36-2)38-27(39-29)24-17-7-4-10-31(25(17)45-40-24)11-5-9-22-23(31)18(13-32)26(34)46-22/h14-16,21H,4-12,33-35H2,1-3H3,(H,36,44)/b20-15-. The van der Waals surface area contributed by atoms with Crippen molar-refractivity contribution in [2.75, 3.05) is 31.4 Å². The van der Waals surface area contributed by atoms with Gasteiger partial charge in [-0.25, -0.2) is 20.5 Å². The lowest BCUT2D eigenvalue weighted by atomic mass is 9.63. The van der Waals surface area contributed by atoms with Crippen molar-refractivity contribution in [3.8, 4) is 17.6 Å². The van der Waals surface area contributed by atoms with Gasteiger partial charge in [0.2, 0.25) is 0 Å². The van der Waals surface area contributed by atoms with Gasteiger partial charge in [-0.05, 0) is 77.4 Å². The normalized spacial score (nSPS) is 22.1. The average Bonchev–Trinajstić information content (AvgIpc) is 3.85. The van der Waals surface area contributed by atoms with Crippen LogP contribution < -0.4 is 27.6 Å². The largest absolute Gasteiger partial charge is 0.393 e. The first kappa shape index (κ1) is 30.2. The quantitative estimate of drug-likeness (QED) is 0.136. The molecule has 5 heterocycles. The van der Waals surface area contributed by atoms with Crippen LogP contribution in [0.5, 0.6) is 0 Å². The van der Waals surface area contributed by atoms with Crippen LogP contribution in [0.25, 0.3) is 22.6 Å². The number of fused-ring (bicyclic) bond motifs is 5. The van der Waals surface area contributed by atoms with Gasteiger partial charge in [0.15, 0.2) is 28.7 Å². The molecule has 1 amide bonds. The van der Waals surface area contributed by atoms with Crippen molar-refractivity contribution in [2.45, 2.75) is 75.8 Å². The van der Waals surface area contributed by atoms with E-state index in [0.29, 0.717) is 38.9 Å². The van der Waals surface area contributed by atoms with Crippen LogP contribution in [-0.4, -0.2) is 62.4 Å². The Bertz CT molecular complexity index is 1910. The summed E-state index contributed by atoms with van der Waals surface area (Å²) in [5.41, 5.74) is 15.4. The van der Waals surface area contributed by atoms with Gasteiger partial charge in [0.25, 0.3) is 5.91 Å². The third-order valence-electron chi connectivity index (χ3n) is 10.0. The molecule has 3 unspecified atom stereocenters. The van der Waals surface area contributed by atoms with Gasteiger partial charge in [0, 0.05) is 23.5 Å². The number of likely N-dealkylation sites (tertiary alicyclic amines) is 1. The zero-order valence-electron chi connectivity index (χ0n) is 26.2. The molecule has 1 saturated heterocycles. The van der Waals surface area contributed by atoms with Crippen molar-refractivity contribution in [1.29, 1.82) is 5.26 Å². The number of carbonyl (C=O) groups excluding carboxylic acids is 1. The summed E-state index contributed by atoms with van der Waals surface area (Å²) in [6.45, 7) is 3.17. The number of nitriles is 1. The molecule has 46 heavy (non-hydrogen) atoms. The van der Waals surface area contributed by atoms with Crippen molar-refractivity contribution in [3.63, 3.8) is 0 Å². The lowest BCUT2D eigenvalue weighted by Crippen LogP contribution is -2.35. The van der Waals surface area contributed by atoms with E-state index in [2.05, 4.69) is 35.4 Å². The van der Waals surface area contributed by atoms with Crippen LogP contribution in [0.3, 0.4) is 0 Å². The highest BCUT2D eigenvalue weighted by molar-refractivity contribution is 7.16. The van der Waals surface area contributed by atoms with E-state index in [9.17, 15) is 10.1 Å². The van der Waals surface area contributed by atoms with E-state index < -0.39 is 11.3 Å². The first-order valence-electron chi connectivity index (χ1n) is 15.7. The Labute approximate surface area is 270 Å². The zero-order chi connectivity index (χ0) is 32.3. The van der Waals surface area contributed by atoms with Crippen LogP contribution >= 0.6 is 11.3 Å². The minimum Gasteiger partial charge on any atom is -0.393 e. The van der Waals surface area contributed by atoms with Crippen molar-refractivity contribution in [2.24, 2.45) is 11.6 Å². The molecule has 7 N–H and O–H groups in total. The molecule has 1 fully saturated rings. The summed E-state index contributed by atoms with van der Waals surface area (Å²) in [6.07, 6.45) is 10.4. The molecule has 0 radical (unpaired) electrons. The number of thiophene rings is 1. The van der Waals surface area contributed by atoms with Gasteiger partial charge in [-0.1, -0.05) is 5.16 Å². The monoisotopic (exact) mass is 642 g/mol. The van der Waals surface area contributed by atoms with Crippen molar-refractivity contribution in [1.82, 2.24) is 35.1 Å². The molecule has 3 atom stereocenters. The van der Waals surface area contributed by atoms with Crippen LogP contribution in [0.2, 0.25) is 0 Å². The summed E-state index contributed by atoms with van der Waals surface area (Å²) in [6, 6.07) is 2.68. The maximum Gasteiger partial charge on any atom is 0.268 e. The lowest BCUT2D eigenvalue weighted by molar-refractivity contribution is -0.117. The molecule has 0 aromatic carbocycles. The van der Waals surface area contributed by atoms with Gasteiger partial charge in [-0.2, -0.15) is 10.4 Å². The molecular weight excluding hydrogens is 604 g/mol. The predicted octanol–water partition coefficient (Wildman–Crippen LogP) is 2.84. The molecular formula is C31H38N12O2S. The molecule has 240 valence electrons. The molecule has 2 aliphatic carbocycles. The number of aryl methyl sites for hydroxylation is 1. The Kier molecular flexibility index (Phi) is 7.46. The summed E-state index contributed by atoms with van der Waals surface area (Å²) >= 11 is 1.51. The number of rotatable bonds is 6. The van der Waals surface area contributed by atoms with Crippen LogP contribution in [0.1, 0.15) is 78.8 Å². The lowest BCUT2D eigenvalue weighted by Gasteiger charge is -2.39. The van der Waals surface area contributed by atoms with Crippen LogP contribution in [-0.2, 0) is 23.1 Å². The number of aromatic nitrogens is 5. The van der Waals surface area contributed by atoms with Crippen LogP contribution in [0, 0.1) is 11.3 Å². The fourth-order valence-electron chi connectivity index (χ4n) is 7.85. The number of hydrogen-bond acceptors (Lipinski definition) is 13. The van der Waals surface area contributed by atoms with Crippen molar-refractivity contribution >= 4 is 39.1 Å². The Morgan fingerprint density at radius 1 is 1.30 bits per heavy atom. The molecule has 0 saturated carbocycles. The number of anilines is 2. The molecule has 0 bridgehead atoms. The average molecular weight is 643 g/mol. The van der Waals surface area contributed by atoms with E-state index in [0.717, 1.165) is 79.7 Å². The Morgan fingerprint density at radius 2 is 2.09 bits per heavy atom. The second-order valence-electron chi connectivity index (χ2n) is 12.6. The van der Waals surface area contributed by atoms with E-state index in [1.54, 1.807) is 6.20 Å². The Hall–Kier alpha value is -4.52. The molecule has 15 heteroatoms. The predicted molar refractivity (Wildman–Crippen MR) is 174 cm³/mol. The summed E-state index contributed by atoms with van der Waals surface area (Å²) in [5, 5.41) is 24.4. The Balaban J connectivity index is 1.40. The Morgan fingerprint density at radius 3 is 2.80 bits per heavy atom. The first-order valence-corrected chi connectivity index (χ1v) is 16.5. The SMILES string of the molecule is CNC(=O)/C(N)=C/N(N)c1nc(-c2noc3c2CCCC32CCCc3sc(N)c(C#N)c32)nc2c1cnn2C(C)C1CCCN1C. The number of likely N-dealkylation sites (N-methyl/N-ethyl adjacent to an activating group) is 2. The maximum atomic E-state index is 12.2. The molecule has 7 rings (SSSR count). The van der Waals surface area contributed by atoms with E-state index in [1.165, 1.54) is 29.6 Å². The van der Waals surface area contributed by atoms with E-state index in [1.807, 2.05) is 4.68 Å². The van der Waals surface area contributed by atoms with Gasteiger partial charge in [-0.15, -0.1) is 11.3 Å². The van der Waals surface area contributed by atoms with Crippen molar-refractivity contribution in [3.05, 3.63) is 45.4 Å². The molecule has 1 spiro atoms. The summed E-state index contributed by atoms with van der Waals surface area (Å²) in [5.74, 6) is 7.47. The molecule has 3 aliphatic rings. The molecule has 1 aliphatic heterocycles. The summed E-state index contributed by atoms with van der Waals surface area (Å²) < 4.78 is 8.17. The summed E-state index contributed by atoms with van der Waals surface area (Å²) in [7, 11) is 3.63. The van der Waals surface area contributed by atoms with Crippen LogP contribution in [0.4, 0.5) is 10.8 Å². The zero-order valence-corrected chi connectivity index (χ0v) is 27.0. The minimum absolute atomic E-state index is 0.0157. The van der Waals surface area contributed by atoms with E-state index in [-0.39, 0.29) is 17.8 Å². The highest BCUT2D eigenvalue weighted by Crippen LogP contribution is 2.55. The number of hydrogen-bond donors (Lipinski definition) is 4. The fraction of sp³-hybridized carbons (Fsp3) is 0.484. The number of amides is 1. The summed E-state index contributed by atoms with van der Waals surface area (Å²) in [4.78, 5) is 25.7. The number of nitrogens with one attached hydrogen (secondary N) is 1. The van der Waals surface area contributed by atoms with Crippen LogP contribution in [0.15, 0.2) is 22.6 Å². The topological polar surface area (TPSA) is 207 Å². The van der Waals surface area contributed by atoms with Gasteiger partial charge >= 0.3 is 0 Å².